The molecule has 2 rings (SSSR count). The van der Waals surface area contributed by atoms with Crippen LogP contribution in [-0.4, -0.2) is 25.7 Å². The average molecular weight is 291 g/mol. The van der Waals surface area contributed by atoms with Crippen LogP contribution in [-0.2, 0) is 16.0 Å². The van der Waals surface area contributed by atoms with E-state index < -0.39 is 6.09 Å². The zero-order valence-electron chi connectivity index (χ0n) is 12.6. The Morgan fingerprint density at radius 3 is 2.86 bits per heavy atom. The first kappa shape index (κ1) is 15.4. The number of fused-ring (bicyclic) bond motifs is 1. The van der Waals surface area contributed by atoms with E-state index in [4.69, 9.17) is 9.47 Å². The highest BCUT2D eigenvalue weighted by atomic mass is 16.6. The Morgan fingerprint density at radius 2 is 2.14 bits per heavy atom. The van der Waals surface area contributed by atoms with Gasteiger partial charge in [-0.15, -0.1) is 0 Å². The number of hydrogen-bond acceptors (Lipinski definition) is 4. The van der Waals surface area contributed by atoms with Crippen LogP contribution in [0.5, 0.6) is 5.75 Å². The van der Waals surface area contributed by atoms with Crippen LogP contribution in [0.3, 0.4) is 0 Å². The smallest absolute Gasteiger partial charge is 0.421 e. The monoisotopic (exact) mass is 291 g/mol. The predicted molar refractivity (Wildman–Crippen MR) is 79.7 cm³/mol. The summed E-state index contributed by atoms with van der Waals surface area (Å²) in [6.45, 7) is 2.35. The van der Waals surface area contributed by atoms with Gasteiger partial charge in [-0.2, -0.15) is 0 Å². The zero-order valence-corrected chi connectivity index (χ0v) is 12.6. The minimum atomic E-state index is -0.593. The highest BCUT2D eigenvalue weighted by molar-refractivity contribution is 6.13. The number of methoxy groups -OCH3 is 1. The lowest BCUT2D eigenvalue weighted by atomic mass is 10.1. The van der Waals surface area contributed by atoms with Crippen molar-refractivity contribution in [3.05, 3.63) is 23.8 Å². The molecule has 1 aromatic carbocycles. The average Bonchev–Trinajstić information content (AvgIpc) is 2.64. The van der Waals surface area contributed by atoms with Crippen LogP contribution in [0.4, 0.5) is 10.5 Å². The van der Waals surface area contributed by atoms with Crippen molar-refractivity contribution < 1.29 is 19.1 Å². The lowest BCUT2D eigenvalue weighted by Crippen LogP contribution is -2.37. The normalized spacial score (nSPS) is 14.4. The molecule has 1 aromatic rings. The highest BCUT2D eigenvalue weighted by Crippen LogP contribution is 2.31. The van der Waals surface area contributed by atoms with Gasteiger partial charge in [-0.05, 0) is 30.9 Å². The van der Waals surface area contributed by atoms with Crippen molar-refractivity contribution in [2.45, 2.75) is 39.0 Å². The van der Waals surface area contributed by atoms with E-state index in [9.17, 15) is 9.59 Å². The number of carbonyl (C=O) groups excluding carboxylic acids is 2. The number of hydrogen-bond donors (Lipinski definition) is 0. The molecule has 1 aliphatic rings. The van der Waals surface area contributed by atoms with Crippen LogP contribution < -0.4 is 9.64 Å². The van der Waals surface area contributed by atoms with Gasteiger partial charge in [0.15, 0.2) is 0 Å². The van der Waals surface area contributed by atoms with Gasteiger partial charge < -0.3 is 9.47 Å². The van der Waals surface area contributed by atoms with E-state index in [0.717, 1.165) is 36.1 Å². The third kappa shape index (κ3) is 3.54. The molecule has 0 saturated carbocycles. The molecular formula is C16H21NO4. The number of benzene rings is 1. The second kappa shape index (κ2) is 7.11. The minimum Gasteiger partial charge on any atom is -0.497 e. The second-order valence-electron chi connectivity index (χ2n) is 5.05. The Hall–Kier alpha value is -2.04. The molecule has 0 saturated heterocycles. The molecule has 5 nitrogen and oxygen atoms in total. The molecule has 1 aliphatic heterocycles. The van der Waals surface area contributed by atoms with Gasteiger partial charge in [0, 0.05) is 12.5 Å². The molecule has 0 aliphatic carbocycles. The number of carbonyl (C=O) groups is 2. The topological polar surface area (TPSA) is 55.8 Å². The van der Waals surface area contributed by atoms with Crippen molar-refractivity contribution in [3.8, 4) is 5.75 Å². The van der Waals surface area contributed by atoms with E-state index in [0.29, 0.717) is 24.5 Å². The zero-order chi connectivity index (χ0) is 15.2. The second-order valence-corrected chi connectivity index (χ2v) is 5.05. The Labute approximate surface area is 124 Å². The van der Waals surface area contributed by atoms with Gasteiger partial charge in [0.25, 0.3) is 0 Å². The van der Waals surface area contributed by atoms with E-state index in [1.165, 1.54) is 0 Å². The van der Waals surface area contributed by atoms with Crippen molar-refractivity contribution in [1.82, 2.24) is 0 Å². The lowest BCUT2D eigenvalue weighted by Gasteiger charge is -2.21. The summed E-state index contributed by atoms with van der Waals surface area (Å²) < 4.78 is 10.4. The molecule has 0 unspecified atom stereocenters. The molecule has 21 heavy (non-hydrogen) atoms. The number of nitrogens with zero attached hydrogens (tertiary/aromatic N) is 1. The maximum absolute atomic E-state index is 12.2. The van der Waals surface area contributed by atoms with Crippen LogP contribution >= 0.6 is 0 Å². The van der Waals surface area contributed by atoms with E-state index >= 15 is 0 Å². The number of anilines is 1. The van der Waals surface area contributed by atoms with Gasteiger partial charge in [0.1, 0.15) is 5.75 Å². The molecule has 0 N–H and O–H groups in total. The van der Waals surface area contributed by atoms with E-state index in [1.54, 1.807) is 13.2 Å². The van der Waals surface area contributed by atoms with E-state index in [-0.39, 0.29) is 5.91 Å². The number of unbranched alkanes of at least 4 members (excludes halogenated alkanes) is 1. The largest absolute Gasteiger partial charge is 0.497 e. The molecule has 1 heterocycles. The molecule has 0 fully saturated rings. The minimum absolute atomic E-state index is 0.219. The van der Waals surface area contributed by atoms with Gasteiger partial charge in [-0.1, -0.05) is 19.4 Å². The summed E-state index contributed by atoms with van der Waals surface area (Å²) in [4.78, 5) is 25.6. The Balaban J connectivity index is 2.29. The molecule has 2 amide bonds. The summed E-state index contributed by atoms with van der Waals surface area (Å²) in [5, 5.41) is 0. The van der Waals surface area contributed by atoms with Crippen molar-refractivity contribution in [3.63, 3.8) is 0 Å². The molecular weight excluding hydrogens is 270 g/mol. The quantitative estimate of drug-likeness (QED) is 0.799. The third-order valence-electron chi connectivity index (χ3n) is 3.53. The fourth-order valence-corrected chi connectivity index (χ4v) is 2.33. The number of amides is 2. The van der Waals surface area contributed by atoms with Crippen molar-refractivity contribution >= 4 is 17.7 Å². The van der Waals surface area contributed by atoms with Crippen molar-refractivity contribution in [2.24, 2.45) is 0 Å². The number of imide groups is 1. The van der Waals surface area contributed by atoms with E-state index in [2.05, 4.69) is 0 Å². The predicted octanol–water partition coefficient (Wildman–Crippen LogP) is 3.30. The first-order valence-corrected chi connectivity index (χ1v) is 7.34. The molecule has 0 atom stereocenters. The Kier molecular flexibility index (Phi) is 5.20. The fraction of sp³-hybridized carbons (Fsp3) is 0.500. The standard InChI is InChI=1S/C16H21NO4/c1-3-4-10-21-16(19)17-14-11-13(20-2)9-8-12(14)6-5-7-15(17)18/h8-9,11H,3-7,10H2,1-2H3. The van der Waals surface area contributed by atoms with Gasteiger partial charge in [0.2, 0.25) is 5.91 Å². The first-order valence-electron chi connectivity index (χ1n) is 7.34. The summed E-state index contributed by atoms with van der Waals surface area (Å²) in [6, 6.07) is 5.47. The summed E-state index contributed by atoms with van der Waals surface area (Å²) in [5.41, 5.74) is 1.55. The fourth-order valence-electron chi connectivity index (χ4n) is 2.33. The van der Waals surface area contributed by atoms with Crippen LogP contribution in [0, 0.1) is 0 Å². The Bertz CT molecular complexity index is 527. The van der Waals surface area contributed by atoms with Gasteiger partial charge in [0.05, 0.1) is 19.4 Å². The number of ether oxygens (including phenoxy) is 2. The van der Waals surface area contributed by atoms with Crippen LogP contribution in [0.2, 0.25) is 0 Å². The highest BCUT2D eigenvalue weighted by Gasteiger charge is 2.29. The van der Waals surface area contributed by atoms with Crippen LogP contribution in [0.15, 0.2) is 18.2 Å². The molecule has 114 valence electrons. The van der Waals surface area contributed by atoms with E-state index in [1.807, 2.05) is 19.1 Å². The number of aryl methyl sites for hydroxylation is 1. The van der Waals surface area contributed by atoms with Crippen molar-refractivity contribution in [1.29, 1.82) is 0 Å². The Morgan fingerprint density at radius 1 is 1.33 bits per heavy atom. The van der Waals surface area contributed by atoms with Crippen LogP contribution in [0.1, 0.15) is 38.2 Å². The summed E-state index contributed by atoms with van der Waals surface area (Å²) >= 11 is 0. The van der Waals surface area contributed by atoms with Crippen molar-refractivity contribution in [2.75, 3.05) is 18.6 Å². The number of rotatable bonds is 4. The summed E-state index contributed by atoms with van der Waals surface area (Å²) in [5.74, 6) is 0.401. The summed E-state index contributed by atoms with van der Waals surface area (Å²) in [6.07, 6.45) is 2.98. The molecule has 5 heteroatoms. The van der Waals surface area contributed by atoms with Crippen LogP contribution in [0.25, 0.3) is 0 Å². The molecule has 0 aromatic heterocycles. The first-order chi connectivity index (χ1) is 10.2. The third-order valence-corrected chi connectivity index (χ3v) is 3.53. The maximum Gasteiger partial charge on any atom is 0.421 e. The van der Waals surface area contributed by atoms with Gasteiger partial charge >= 0.3 is 6.09 Å². The lowest BCUT2D eigenvalue weighted by molar-refractivity contribution is -0.118. The molecule has 0 bridgehead atoms. The molecule has 0 radical (unpaired) electrons. The molecule has 0 spiro atoms. The van der Waals surface area contributed by atoms with Gasteiger partial charge in [-0.3, -0.25) is 4.79 Å². The maximum atomic E-state index is 12.2. The summed E-state index contributed by atoms with van der Waals surface area (Å²) in [7, 11) is 1.56. The van der Waals surface area contributed by atoms with Gasteiger partial charge in [-0.25, -0.2) is 9.69 Å². The SMILES string of the molecule is CCCCOC(=O)N1C(=O)CCCc2ccc(OC)cc21.